The molecule has 0 radical (unpaired) electrons. The molecule has 6 rings (SSSR count). The molecular weight excluding hydrogens is 529 g/mol. The van der Waals surface area contributed by atoms with Crippen molar-refractivity contribution in [1.82, 2.24) is 8.97 Å². The van der Waals surface area contributed by atoms with Gasteiger partial charge in [-0.3, -0.25) is 9.20 Å². The first-order valence-corrected chi connectivity index (χ1v) is 14.0. The Labute approximate surface area is 237 Å². The van der Waals surface area contributed by atoms with E-state index in [0.29, 0.717) is 27.2 Å². The molecule has 1 aliphatic rings. The summed E-state index contributed by atoms with van der Waals surface area (Å²) < 4.78 is 9.77. The van der Waals surface area contributed by atoms with Crippen LogP contribution in [-0.2, 0) is 19.4 Å². The van der Waals surface area contributed by atoms with Crippen LogP contribution in [0.3, 0.4) is 0 Å². The van der Waals surface area contributed by atoms with Gasteiger partial charge in [0.05, 0.1) is 22.8 Å². The second-order valence-electron chi connectivity index (χ2n) is 9.88. The van der Waals surface area contributed by atoms with Gasteiger partial charge in [0.15, 0.2) is 0 Å². The van der Waals surface area contributed by atoms with Crippen LogP contribution in [-0.4, -0.2) is 22.0 Å². The largest absolute Gasteiger partial charge is 0.497 e. The van der Waals surface area contributed by atoms with Crippen LogP contribution in [0.25, 0.3) is 28.0 Å². The highest BCUT2D eigenvalue weighted by Crippen LogP contribution is 2.40. The fourth-order valence-electron chi connectivity index (χ4n) is 5.60. The number of aromatic nitrogens is 2. The number of carbonyl (C=O) groups is 1. The Hall–Kier alpha value is -3.67. The molecule has 5 aromatic rings. The number of anilines is 1. The Morgan fingerprint density at radius 1 is 0.974 bits per heavy atom. The second kappa shape index (κ2) is 10.5. The van der Waals surface area contributed by atoms with Crippen LogP contribution in [0.4, 0.5) is 5.69 Å². The number of hydrogen-bond acceptors (Lipinski definition) is 2. The normalized spacial score (nSPS) is 12.9. The van der Waals surface area contributed by atoms with Gasteiger partial charge < -0.3 is 14.6 Å². The monoisotopic (exact) mass is 557 g/mol. The minimum Gasteiger partial charge on any atom is -0.497 e. The van der Waals surface area contributed by atoms with Gasteiger partial charge in [0, 0.05) is 41.2 Å². The Bertz CT molecular complexity index is 1700. The van der Waals surface area contributed by atoms with Crippen molar-refractivity contribution < 1.29 is 9.53 Å². The lowest BCUT2D eigenvalue weighted by atomic mass is 9.96. The highest BCUT2D eigenvalue weighted by Gasteiger charge is 2.29. The van der Waals surface area contributed by atoms with Crippen LogP contribution in [0.2, 0.25) is 10.0 Å². The molecule has 0 saturated carbocycles. The number of nitrogens with zero attached hydrogens (tertiary/aromatic N) is 2. The number of rotatable bonds is 6. The average Bonchev–Trinajstić information content (AvgIpc) is 3.37. The van der Waals surface area contributed by atoms with Crippen LogP contribution < -0.4 is 10.1 Å². The number of ether oxygens (including phenoxy) is 1. The molecule has 3 aromatic carbocycles. The van der Waals surface area contributed by atoms with Crippen molar-refractivity contribution >= 4 is 40.4 Å². The third kappa shape index (κ3) is 4.60. The third-order valence-electron chi connectivity index (χ3n) is 7.54. The predicted octanol–water partition coefficient (Wildman–Crippen LogP) is 8.54. The zero-order valence-corrected chi connectivity index (χ0v) is 23.4. The number of hydrogen-bond donors (Lipinski definition) is 1. The van der Waals surface area contributed by atoms with Crippen molar-refractivity contribution in [3.8, 4) is 28.1 Å². The molecule has 0 atom stereocenters. The maximum Gasteiger partial charge on any atom is 0.273 e. The van der Waals surface area contributed by atoms with Crippen LogP contribution in [0.5, 0.6) is 5.75 Å². The Morgan fingerprint density at radius 2 is 1.77 bits per heavy atom. The van der Waals surface area contributed by atoms with Crippen molar-refractivity contribution in [3.05, 3.63) is 99.8 Å². The average molecular weight is 559 g/mol. The molecule has 1 amide bonds. The lowest BCUT2D eigenvalue weighted by molar-refractivity contribution is 0.102. The number of aryl methyl sites for hydroxylation is 3. The summed E-state index contributed by atoms with van der Waals surface area (Å²) in [5, 5.41) is 4.16. The number of methoxy groups -OCH3 is 1. The highest BCUT2D eigenvalue weighted by atomic mass is 35.5. The van der Waals surface area contributed by atoms with Gasteiger partial charge >= 0.3 is 0 Å². The van der Waals surface area contributed by atoms with Gasteiger partial charge in [-0.1, -0.05) is 66.5 Å². The Kier molecular flexibility index (Phi) is 6.88. The number of carbonyl (C=O) groups excluding carboxylic acids is 1. The van der Waals surface area contributed by atoms with E-state index < -0.39 is 0 Å². The van der Waals surface area contributed by atoms with Gasteiger partial charge in [0.1, 0.15) is 17.1 Å². The predicted molar refractivity (Wildman–Crippen MR) is 160 cm³/mol. The molecule has 0 aliphatic carbocycles. The molecule has 0 fully saturated rings. The molecule has 1 N–H and O–H groups in total. The summed E-state index contributed by atoms with van der Waals surface area (Å²) in [6.45, 7) is 3.00. The van der Waals surface area contributed by atoms with Gasteiger partial charge in [-0.25, -0.2) is 0 Å². The number of nitrogens with one attached hydrogen (secondary N) is 1. The smallest absolute Gasteiger partial charge is 0.273 e. The fraction of sp³-hybridized carbons (Fsp3) is 0.219. The van der Waals surface area contributed by atoms with Crippen molar-refractivity contribution in [2.75, 3.05) is 12.4 Å². The van der Waals surface area contributed by atoms with Gasteiger partial charge in [-0.2, -0.15) is 0 Å². The van der Waals surface area contributed by atoms with Gasteiger partial charge in [0.2, 0.25) is 0 Å². The number of imidazole rings is 1. The summed E-state index contributed by atoms with van der Waals surface area (Å²) in [6.07, 6.45) is 6.01. The molecule has 2 aromatic heterocycles. The van der Waals surface area contributed by atoms with Crippen molar-refractivity contribution in [3.63, 3.8) is 0 Å². The molecule has 39 heavy (non-hydrogen) atoms. The van der Waals surface area contributed by atoms with Crippen LogP contribution in [0.1, 0.15) is 41.4 Å². The fourth-order valence-corrected chi connectivity index (χ4v) is 5.90. The van der Waals surface area contributed by atoms with E-state index in [1.807, 2.05) is 42.5 Å². The zero-order chi connectivity index (χ0) is 27.1. The van der Waals surface area contributed by atoms with E-state index in [4.69, 9.17) is 27.9 Å². The Morgan fingerprint density at radius 3 is 2.51 bits per heavy atom. The lowest BCUT2D eigenvalue weighted by Crippen LogP contribution is -2.15. The maximum absolute atomic E-state index is 14.1. The van der Waals surface area contributed by atoms with E-state index in [0.717, 1.165) is 60.3 Å². The molecule has 3 heterocycles. The van der Waals surface area contributed by atoms with E-state index in [1.165, 1.54) is 11.1 Å². The molecule has 0 unspecified atom stereocenters. The summed E-state index contributed by atoms with van der Waals surface area (Å²) in [7, 11) is 1.62. The van der Waals surface area contributed by atoms with E-state index in [-0.39, 0.29) is 5.91 Å². The standard InChI is InChI=1S/C32H29Cl2N3O2/c1-3-20-10-12-21(13-11-20)29-25-9-4-5-16-36-28(22-14-15-26(33)27(34)17-22)19-37(32(25)36)30(29)31(38)35-23-7-6-8-24(18-23)39-2/h6-8,10-15,17-19H,3-5,9,16H2,1-2H3,(H,35,38). The number of amides is 1. The molecule has 5 nitrogen and oxygen atoms in total. The topological polar surface area (TPSA) is 47.7 Å². The van der Waals surface area contributed by atoms with E-state index in [9.17, 15) is 4.79 Å². The van der Waals surface area contributed by atoms with E-state index in [2.05, 4.69) is 51.7 Å². The number of halogens is 2. The molecule has 7 heteroatoms. The van der Waals surface area contributed by atoms with Crippen LogP contribution in [0, 0.1) is 0 Å². The van der Waals surface area contributed by atoms with Gasteiger partial charge in [0.25, 0.3) is 5.91 Å². The molecule has 0 bridgehead atoms. The summed E-state index contributed by atoms with van der Waals surface area (Å²) in [5.74, 6) is 0.518. The van der Waals surface area contributed by atoms with Crippen molar-refractivity contribution in [2.24, 2.45) is 0 Å². The molecule has 0 saturated heterocycles. The van der Waals surface area contributed by atoms with Crippen molar-refractivity contribution in [2.45, 2.75) is 39.2 Å². The zero-order valence-electron chi connectivity index (χ0n) is 21.9. The minimum atomic E-state index is -0.169. The Balaban J connectivity index is 1.59. The maximum atomic E-state index is 14.1. The summed E-state index contributed by atoms with van der Waals surface area (Å²) in [6, 6.07) is 21.7. The molecule has 0 spiro atoms. The first kappa shape index (κ1) is 25.6. The quantitative estimate of drug-likeness (QED) is 0.227. The van der Waals surface area contributed by atoms with Crippen LogP contribution in [0.15, 0.2) is 72.9 Å². The summed E-state index contributed by atoms with van der Waals surface area (Å²) >= 11 is 12.6. The molecule has 198 valence electrons. The minimum absolute atomic E-state index is 0.169. The lowest BCUT2D eigenvalue weighted by Gasteiger charge is -2.11. The first-order valence-electron chi connectivity index (χ1n) is 13.2. The van der Waals surface area contributed by atoms with Crippen molar-refractivity contribution in [1.29, 1.82) is 0 Å². The van der Waals surface area contributed by atoms with Crippen LogP contribution >= 0.6 is 23.2 Å². The summed E-state index contributed by atoms with van der Waals surface area (Å²) in [4.78, 5) is 14.1. The second-order valence-corrected chi connectivity index (χ2v) is 10.7. The highest BCUT2D eigenvalue weighted by molar-refractivity contribution is 6.42. The van der Waals surface area contributed by atoms with Gasteiger partial charge in [-0.15, -0.1) is 0 Å². The van der Waals surface area contributed by atoms with E-state index >= 15 is 0 Å². The summed E-state index contributed by atoms with van der Waals surface area (Å²) in [5.41, 5.74) is 8.83. The van der Waals surface area contributed by atoms with Gasteiger partial charge in [-0.05, 0) is 61.1 Å². The SMILES string of the molecule is CCc1ccc(-c2c3c4n(c(-c5ccc(Cl)c(Cl)c5)cn4c2C(=O)Nc2cccc(OC)c2)CCCC3)cc1. The first-order chi connectivity index (χ1) is 19.0. The van der Waals surface area contributed by atoms with E-state index in [1.54, 1.807) is 7.11 Å². The third-order valence-corrected chi connectivity index (χ3v) is 8.28. The molecule has 1 aliphatic heterocycles. The number of benzene rings is 3. The molecular formula is C32H29Cl2N3O2.